The average molecular weight is 280 g/mol. The summed E-state index contributed by atoms with van der Waals surface area (Å²) in [5, 5.41) is 3.55. The quantitative estimate of drug-likeness (QED) is 0.811. The lowest BCUT2D eigenvalue weighted by atomic mass is 9.84. The Hall–Kier alpha value is -1.26. The predicted molar refractivity (Wildman–Crippen MR) is 76.3 cm³/mol. The monoisotopic (exact) mass is 279 g/mol. The Labute approximate surface area is 117 Å². The molecule has 1 atom stereocenters. The van der Waals surface area contributed by atoms with E-state index < -0.39 is 0 Å². The molecule has 1 amide bonds. The number of anilines is 1. The number of nitrogens with zero attached hydrogens (tertiary/aromatic N) is 1. The van der Waals surface area contributed by atoms with Gasteiger partial charge in [0.2, 0.25) is 0 Å². The van der Waals surface area contributed by atoms with E-state index in [4.69, 9.17) is 17.3 Å². The van der Waals surface area contributed by atoms with Gasteiger partial charge in [-0.25, -0.2) is 0 Å². The first-order valence-electron chi connectivity index (χ1n) is 6.72. The summed E-state index contributed by atoms with van der Waals surface area (Å²) in [6.07, 6.45) is 2.35. The van der Waals surface area contributed by atoms with Crippen LogP contribution in [0.1, 0.15) is 23.2 Å². The standard InChI is InChI=1S/C14H18ClN3O/c15-11-3-1-2-10(13(11)16)14(19)17-12-8-18-6-4-9(12)5-7-18/h1-3,9,12H,4-8,16H2,(H,17,19). The molecule has 102 valence electrons. The van der Waals surface area contributed by atoms with Crippen molar-refractivity contribution >= 4 is 23.2 Å². The molecule has 1 unspecified atom stereocenters. The Kier molecular flexibility index (Phi) is 3.37. The Morgan fingerprint density at radius 2 is 2.11 bits per heavy atom. The van der Waals surface area contributed by atoms with E-state index >= 15 is 0 Å². The minimum Gasteiger partial charge on any atom is -0.397 e. The van der Waals surface area contributed by atoms with Crippen molar-refractivity contribution in [3.05, 3.63) is 28.8 Å². The van der Waals surface area contributed by atoms with Crippen LogP contribution in [-0.4, -0.2) is 36.5 Å². The van der Waals surface area contributed by atoms with Crippen molar-refractivity contribution in [2.24, 2.45) is 5.92 Å². The molecule has 19 heavy (non-hydrogen) atoms. The molecule has 4 nitrogen and oxygen atoms in total. The SMILES string of the molecule is Nc1c(Cl)cccc1C(=O)NC1CN2CCC1CC2. The number of nitrogens with two attached hydrogens (primary N) is 1. The summed E-state index contributed by atoms with van der Waals surface area (Å²) in [5.74, 6) is 0.494. The Balaban J connectivity index is 1.73. The van der Waals surface area contributed by atoms with Crippen LogP contribution >= 0.6 is 11.6 Å². The molecule has 0 aromatic heterocycles. The topological polar surface area (TPSA) is 58.4 Å². The maximum atomic E-state index is 12.3. The number of carbonyl (C=O) groups excluding carboxylic acids is 1. The van der Waals surface area contributed by atoms with Gasteiger partial charge < -0.3 is 16.0 Å². The second-order valence-electron chi connectivity index (χ2n) is 5.42. The molecule has 1 aromatic carbocycles. The lowest BCUT2D eigenvalue weighted by molar-refractivity contribution is 0.0621. The summed E-state index contributed by atoms with van der Waals surface area (Å²) in [6, 6.07) is 5.41. The van der Waals surface area contributed by atoms with Crippen molar-refractivity contribution < 1.29 is 4.79 Å². The largest absolute Gasteiger partial charge is 0.397 e. The predicted octanol–water partition coefficient (Wildman–Crippen LogP) is 1.75. The number of hydrogen-bond donors (Lipinski definition) is 2. The highest BCUT2D eigenvalue weighted by Crippen LogP contribution is 2.28. The van der Waals surface area contributed by atoms with Gasteiger partial charge in [-0.15, -0.1) is 0 Å². The molecule has 3 fully saturated rings. The molecule has 2 bridgehead atoms. The zero-order valence-electron chi connectivity index (χ0n) is 10.7. The second kappa shape index (κ2) is 5.02. The molecular weight excluding hydrogens is 262 g/mol. The molecule has 3 saturated heterocycles. The number of para-hydroxylation sites is 1. The van der Waals surface area contributed by atoms with Crippen LogP contribution in [0.15, 0.2) is 18.2 Å². The maximum Gasteiger partial charge on any atom is 0.253 e. The van der Waals surface area contributed by atoms with E-state index in [0.717, 1.165) is 19.6 Å². The van der Waals surface area contributed by atoms with E-state index in [9.17, 15) is 4.79 Å². The highest BCUT2D eigenvalue weighted by Gasteiger charge is 2.35. The normalized spacial score (nSPS) is 29.2. The molecule has 3 aliphatic heterocycles. The molecule has 3 N–H and O–H groups in total. The minimum atomic E-state index is -0.112. The molecule has 0 spiro atoms. The third-order valence-corrected chi connectivity index (χ3v) is 4.60. The molecule has 4 rings (SSSR count). The lowest BCUT2D eigenvalue weighted by Crippen LogP contribution is -2.57. The van der Waals surface area contributed by atoms with Gasteiger partial charge in [-0.2, -0.15) is 0 Å². The average Bonchev–Trinajstić information content (AvgIpc) is 2.43. The van der Waals surface area contributed by atoms with E-state index in [1.165, 1.54) is 12.8 Å². The molecule has 0 aliphatic carbocycles. The van der Waals surface area contributed by atoms with Crippen LogP contribution in [-0.2, 0) is 0 Å². The summed E-state index contributed by atoms with van der Waals surface area (Å²) < 4.78 is 0. The second-order valence-corrected chi connectivity index (χ2v) is 5.83. The van der Waals surface area contributed by atoms with Crippen LogP contribution in [0, 0.1) is 5.92 Å². The number of nitrogens with one attached hydrogen (secondary N) is 1. The van der Waals surface area contributed by atoms with Gasteiger partial charge in [-0.3, -0.25) is 4.79 Å². The van der Waals surface area contributed by atoms with Crippen LogP contribution in [0.3, 0.4) is 0 Å². The highest BCUT2D eigenvalue weighted by atomic mass is 35.5. The van der Waals surface area contributed by atoms with Crippen LogP contribution in [0.2, 0.25) is 5.02 Å². The maximum absolute atomic E-state index is 12.3. The number of halogens is 1. The fourth-order valence-electron chi connectivity index (χ4n) is 3.11. The number of amides is 1. The van der Waals surface area contributed by atoms with Crippen LogP contribution in [0.4, 0.5) is 5.69 Å². The summed E-state index contributed by atoms with van der Waals surface area (Å²) in [4.78, 5) is 14.7. The summed E-state index contributed by atoms with van der Waals surface area (Å²) in [6.45, 7) is 3.28. The molecule has 1 aromatic rings. The highest BCUT2D eigenvalue weighted by molar-refractivity contribution is 6.33. The summed E-state index contributed by atoms with van der Waals surface area (Å²) >= 11 is 5.95. The van der Waals surface area contributed by atoms with Gasteiger partial charge in [0.15, 0.2) is 0 Å². The summed E-state index contributed by atoms with van der Waals surface area (Å²) in [7, 11) is 0. The number of rotatable bonds is 2. The Morgan fingerprint density at radius 1 is 1.37 bits per heavy atom. The Bertz CT molecular complexity index is 497. The van der Waals surface area contributed by atoms with Gasteiger partial charge >= 0.3 is 0 Å². The van der Waals surface area contributed by atoms with Gasteiger partial charge in [0, 0.05) is 12.6 Å². The van der Waals surface area contributed by atoms with Crippen LogP contribution in [0.5, 0.6) is 0 Å². The van der Waals surface area contributed by atoms with Crippen molar-refractivity contribution in [3.63, 3.8) is 0 Å². The van der Waals surface area contributed by atoms with Crippen LogP contribution < -0.4 is 11.1 Å². The van der Waals surface area contributed by atoms with Gasteiger partial charge in [0.1, 0.15) is 0 Å². The number of fused-ring (bicyclic) bond motifs is 3. The number of carbonyl (C=O) groups is 1. The number of hydrogen-bond acceptors (Lipinski definition) is 3. The smallest absolute Gasteiger partial charge is 0.253 e. The fraction of sp³-hybridized carbons (Fsp3) is 0.500. The van der Waals surface area contributed by atoms with Crippen molar-refractivity contribution in [2.75, 3.05) is 25.4 Å². The van der Waals surface area contributed by atoms with Crippen molar-refractivity contribution in [3.8, 4) is 0 Å². The third-order valence-electron chi connectivity index (χ3n) is 4.27. The molecule has 3 aliphatic rings. The Morgan fingerprint density at radius 3 is 2.74 bits per heavy atom. The third kappa shape index (κ3) is 2.42. The summed E-state index contributed by atoms with van der Waals surface area (Å²) in [5.41, 5.74) is 6.70. The zero-order chi connectivity index (χ0) is 13.4. The van der Waals surface area contributed by atoms with Gasteiger partial charge in [-0.1, -0.05) is 17.7 Å². The van der Waals surface area contributed by atoms with Crippen molar-refractivity contribution in [1.82, 2.24) is 10.2 Å². The number of nitrogen functional groups attached to an aromatic ring is 1. The number of benzene rings is 1. The molecule has 5 heteroatoms. The lowest BCUT2D eigenvalue weighted by Gasteiger charge is -2.44. The van der Waals surface area contributed by atoms with E-state index in [0.29, 0.717) is 22.2 Å². The van der Waals surface area contributed by atoms with Crippen LogP contribution in [0.25, 0.3) is 0 Å². The molecule has 0 radical (unpaired) electrons. The van der Waals surface area contributed by atoms with E-state index in [-0.39, 0.29) is 11.9 Å². The van der Waals surface area contributed by atoms with Gasteiger partial charge in [0.05, 0.1) is 16.3 Å². The minimum absolute atomic E-state index is 0.112. The van der Waals surface area contributed by atoms with Gasteiger partial charge in [0.25, 0.3) is 5.91 Å². The van der Waals surface area contributed by atoms with E-state index in [1.807, 2.05) is 0 Å². The first-order chi connectivity index (χ1) is 9.15. The first-order valence-corrected chi connectivity index (χ1v) is 7.10. The molecule has 0 saturated carbocycles. The number of piperidine rings is 3. The van der Waals surface area contributed by atoms with Gasteiger partial charge in [-0.05, 0) is 44.0 Å². The van der Waals surface area contributed by atoms with Crippen molar-refractivity contribution in [1.29, 1.82) is 0 Å². The van der Waals surface area contributed by atoms with Crippen molar-refractivity contribution in [2.45, 2.75) is 18.9 Å². The zero-order valence-corrected chi connectivity index (χ0v) is 11.5. The van der Waals surface area contributed by atoms with E-state index in [2.05, 4.69) is 10.2 Å². The fourth-order valence-corrected chi connectivity index (χ4v) is 3.28. The molecular formula is C14H18ClN3O. The molecule has 3 heterocycles. The van der Waals surface area contributed by atoms with E-state index in [1.54, 1.807) is 18.2 Å². The first kappa shape index (κ1) is 12.8.